The zero-order chi connectivity index (χ0) is 11.0. The summed E-state index contributed by atoms with van der Waals surface area (Å²) in [5.74, 6) is 0.450. The number of rotatable bonds is 1. The number of aryl methyl sites for hydroxylation is 2. The smallest absolute Gasteiger partial charge is 0.148 e. The molecule has 0 aliphatic heterocycles. The van der Waals surface area contributed by atoms with E-state index in [1.807, 2.05) is 6.07 Å². The van der Waals surface area contributed by atoms with Gasteiger partial charge in [0.15, 0.2) is 0 Å². The van der Waals surface area contributed by atoms with Gasteiger partial charge in [-0.1, -0.05) is 17.3 Å². The monoisotopic (exact) mass is 269 g/mol. The lowest BCUT2D eigenvalue weighted by atomic mass is 10.1. The molecule has 0 N–H and O–H groups in total. The van der Waals surface area contributed by atoms with Gasteiger partial charge in [0.1, 0.15) is 17.3 Å². The summed E-state index contributed by atoms with van der Waals surface area (Å²) in [5.41, 5.74) is 1.96. The lowest BCUT2D eigenvalue weighted by Gasteiger charge is -1.99. The van der Waals surface area contributed by atoms with Crippen molar-refractivity contribution in [2.24, 2.45) is 0 Å². The van der Waals surface area contributed by atoms with E-state index in [0.29, 0.717) is 22.6 Å². The Bertz CT molecular complexity index is 507. The van der Waals surface area contributed by atoms with Crippen LogP contribution in [0.2, 0.25) is 0 Å². The molecule has 2 rings (SSSR count). The van der Waals surface area contributed by atoms with E-state index in [-0.39, 0.29) is 5.82 Å². The molecular formula is C11H9BrFNO. The Labute approximate surface area is 95.2 Å². The van der Waals surface area contributed by atoms with E-state index in [4.69, 9.17) is 4.52 Å². The van der Waals surface area contributed by atoms with Crippen molar-refractivity contribution < 1.29 is 8.91 Å². The van der Waals surface area contributed by atoms with Crippen molar-refractivity contribution in [2.75, 3.05) is 0 Å². The van der Waals surface area contributed by atoms with Gasteiger partial charge in [0, 0.05) is 5.56 Å². The van der Waals surface area contributed by atoms with Crippen LogP contribution in [-0.4, -0.2) is 5.16 Å². The van der Waals surface area contributed by atoms with Crippen LogP contribution in [0.3, 0.4) is 0 Å². The van der Waals surface area contributed by atoms with Crippen LogP contribution in [0.25, 0.3) is 11.3 Å². The number of hydrogen-bond acceptors (Lipinski definition) is 2. The first-order valence-corrected chi connectivity index (χ1v) is 5.27. The first kappa shape index (κ1) is 10.4. The molecule has 1 heterocycles. The minimum Gasteiger partial charge on any atom is -0.360 e. The Hall–Kier alpha value is -1.16. The van der Waals surface area contributed by atoms with Crippen LogP contribution in [-0.2, 0) is 0 Å². The fourth-order valence-corrected chi connectivity index (χ4v) is 1.65. The first-order chi connectivity index (χ1) is 7.09. The maximum Gasteiger partial charge on any atom is 0.148 e. The molecule has 1 aromatic carbocycles. The molecule has 1 aromatic heterocycles. The largest absolute Gasteiger partial charge is 0.360 e. The first-order valence-electron chi connectivity index (χ1n) is 4.48. The van der Waals surface area contributed by atoms with E-state index in [1.165, 1.54) is 6.07 Å². The van der Waals surface area contributed by atoms with Gasteiger partial charge in [-0.3, -0.25) is 0 Å². The van der Waals surface area contributed by atoms with Gasteiger partial charge in [0.05, 0.1) is 4.47 Å². The number of benzene rings is 1. The summed E-state index contributed by atoms with van der Waals surface area (Å²) in [6, 6.07) is 5.00. The van der Waals surface area contributed by atoms with Crippen LogP contribution in [0.5, 0.6) is 0 Å². The summed E-state index contributed by atoms with van der Waals surface area (Å²) in [6.07, 6.45) is 0. The molecule has 0 bridgehead atoms. The van der Waals surface area contributed by atoms with Crippen LogP contribution >= 0.6 is 15.9 Å². The maximum absolute atomic E-state index is 13.3. The van der Waals surface area contributed by atoms with Crippen molar-refractivity contribution in [3.63, 3.8) is 0 Å². The zero-order valence-electron chi connectivity index (χ0n) is 8.34. The van der Waals surface area contributed by atoms with E-state index in [0.717, 1.165) is 4.47 Å². The summed E-state index contributed by atoms with van der Waals surface area (Å²) >= 11 is 3.35. The minimum atomic E-state index is -0.236. The average molecular weight is 270 g/mol. The molecule has 78 valence electrons. The number of nitrogens with zero attached hydrogens (tertiary/aromatic N) is 1. The van der Waals surface area contributed by atoms with Crippen molar-refractivity contribution in [1.29, 1.82) is 0 Å². The van der Waals surface area contributed by atoms with Crippen LogP contribution in [0, 0.1) is 19.7 Å². The highest BCUT2D eigenvalue weighted by Crippen LogP contribution is 2.30. The summed E-state index contributed by atoms with van der Waals surface area (Å²) in [4.78, 5) is 0. The van der Waals surface area contributed by atoms with Crippen LogP contribution in [0.4, 0.5) is 4.39 Å². The molecule has 0 fully saturated rings. The normalized spacial score (nSPS) is 10.7. The molecule has 0 saturated carbocycles. The minimum absolute atomic E-state index is 0.236. The van der Waals surface area contributed by atoms with Gasteiger partial charge in [0.2, 0.25) is 0 Å². The Morgan fingerprint density at radius 3 is 2.60 bits per heavy atom. The number of halogens is 2. The SMILES string of the molecule is Cc1ccc(-c2noc(C)c2Br)cc1F. The van der Waals surface area contributed by atoms with Crippen molar-refractivity contribution in [2.45, 2.75) is 13.8 Å². The van der Waals surface area contributed by atoms with Gasteiger partial charge in [0.25, 0.3) is 0 Å². The summed E-state index contributed by atoms with van der Waals surface area (Å²) in [7, 11) is 0. The van der Waals surface area contributed by atoms with Gasteiger partial charge in [-0.15, -0.1) is 0 Å². The molecule has 0 aliphatic carbocycles. The maximum atomic E-state index is 13.3. The van der Waals surface area contributed by atoms with Crippen molar-refractivity contribution in [1.82, 2.24) is 5.16 Å². The third kappa shape index (κ3) is 1.81. The Morgan fingerprint density at radius 1 is 1.33 bits per heavy atom. The van der Waals surface area contributed by atoms with Gasteiger partial charge >= 0.3 is 0 Å². The van der Waals surface area contributed by atoms with E-state index in [9.17, 15) is 4.39 Å². The molecular weight excluding hydrogens is 261 g/mol. The number of hydrogen-bond donors (Lipinski definition) is 0. The molecule has 0 atom stereocenters. The second kappa shape index (κ2) is 3.77. The van der Waals surface area contributed by atoms with Crippen molar-refractivity contribution in [3.8, 4) is 11.3 Å². The van der Waals surface area contributed by atoms with Gasteiger partial charge in [-0.05, 0) is 41.4 Å². The predicted molar refractivity (Wildman–Crippen MR) is 59.1 cm³/mol. The summed E-state index contributed by atoms with van der Waals surface area (Å²) < 4.78 is 19.1. The molecule has 2 aromatic rings. The lowest BCUT2D eigenvalue weighted by molar-refractivity contribution is 0.399. The molecule has 0 radical (unpaired) electrons. The molecule has 0 spiro atoms. The molecule has 4 heteroatoms. The molecule has 0 unspecified atom stereocenters. The molecule has 15 heavy (non-hydrogen) atoms. The number of aromatic nitrogens is 1. The van der Waals surface area contributed by atoms with Crippen LogP contribution < -0.4 is 0 Å². The molecule has 2 nitrogen and oxygen atoms in total. The standard InChI is InChI=1S/C11H9BrFNO/c1-6-3-4-8(5-9(6)13)11-10(12)7(2)15-14-11/h3-5H,1-2H3. The molecule has 0 amide bonds. The third-order valence-electron chi connectivity index (χ3n) is 2.24. The highest BCUT2D eigenvalue weighted by atomic mass is 79.9. The van der Waals surface area contributed by atoms with Crippen molar-refractivity contribution >= 4 is 15.9 Å². The second-order valence-corrected chi connectivity index (χ2v) is 4.16. The highest BCUT2D eigenvalue weighted by molar-refractivity contribution is 9.10. The fourth-order valence-electron chi connectivity index (χ4n) is 1.28. The van der Waals surface area contributed by atoms with Crippen molar-refractivity contribution in [3.05, 3.63) is 39.8 Å². The second-order valence-electron chi connectivity index (χ2n) is 3.37. The fraction of sp³-hybridized carbons (Fsp3) is 0.182. The van der Waals surface area contributed by atoms with Gasteiger partial charge < -0.3 is 4.52 Å². The third-order valence-corrected chi connectivity index (χ3v) is 3.17. The highest BCUT2D eigenvalue weighted by Gasteiger charge is 2.12. The van der Waals surface area contributed by atoms with E-state index in [1.54, 1.807) is 19.9 Å². The molecule has 0 aliphatic rings. The Morgan fingerprint density at radius 2 is 2.07 bits per heavy atom. The Kier molecular flexibility index (Phi) is 2.61. The molecule has 0 saturated heterocycles. The lowest BCUT2D eigenvalue weighted by Crippen LogP contribution is -1.85. The van der Waals surface area contributed by atoms with E-state index in [2.05, 4.69) is 21.1 Å². The quantitative estimate of drug-likeness (QED) is 0.786. The summed E-state index contributed by atoms with van der Waals surface area (Å²) in [6.45, 7) is 3.52. The van der Waals surface area contributed by atoms with Gasteiger partial charge in [-0.25, -0.2) is 4.39 Å². The van der Waals surface area contributed by atoms with Gasteiger partial charge in [-0.2, -0.15) is 0 Å². The predicted octanol–water partition coefficient (Wildman–Crippen LogP) is 3.86. The zero-order valence-corrected chi connectivity index (χ0v) is 9.93. The Balaban J connectivity index is 2.55. The average Bonchev–Trinajstić information content (AvgIpc) is 2.53. The van der Waals surface area contributed by atoms with E-state index >= 15 is 0 Å². The topological polar surface area (TPSA) is 26.0 Å². The van der Waals surface area contributed by atoms with Crippen LogP contribution in [0.1, 0.15) is 11.3 Å². The van der Waals surface area contributed by atoms with E-state index < -0.39 is 0 Å². The van der Waals surface area contributed by atoms with Crippen LogP contribution in [0.15, 0.2) is 27.2 Å². The summed E-state index contributed by atoms with van der Waals surface area (Å²) in [5, 5.41) is 3.87.